The molecule has 2 aromatic rings. The van der Waals surface area contributed by atoms with Crippen LogP contribution >= 0.6 is 0 Å². The number of nitrogens with zero attached hydrogens (tertiary/aromatic N) is 1. The minimum Gasteiger partial charge on any atom is -0.484 e. The van der Waals surface area contributed by atoms with Gasteiger partial charge in [-0.05, 0) is 31.2 Å². The molecule has 0 unspecified atom stereocenters. The summed E-state index contributed by atoms with van der Waals surface area (Å²) in [6.45, 7) is 3.79. The molecular formula is C21H24N2O5. The standard InChI is InChI=1S/C21H24N2O5/c1-14-3-5-17-16(11-14)19(24)22-13-21(28-17)7-9-23(10-8-21)20(25)18-6-4-15(27-18)12-26-2/h3-6,11H,7-10,12-13H2,1-2H3,(H,22,24). The van der Waals surface area contributed by atoms with Gasteiger partial charge in [-0.15, -0.1) is 0 Å². The highest BCUT2D eigenvalue weighted by atomic mass is 16.5. The Morgan fingerprint density at radius 1 is 1.25 bits per heavy atom. The summed E-state index contributed by atoms with van der Waals surface area (Å²) in [5, 5.41) is 2.98. The largest absolute Gasteiger partial charge is 0.484 e. The third-order valence-electron chi connectivity index (χ3n) is 5.40. The minimum absolute atomic E-state index is 0.115. The third-order valence-corrected chi connectivity index (χ3v) is 5.40. The molecule has 0 aliphatic carbocycles. The molecule has 2 amide bonds. The van der Waals surface area contributed by atoms with Crippen molar-refractivity contribution in [1.29, 1.82) is 0 Å². The molecule has 2 aliphatic rings. The molecule has 0 atom stereocenters. The molecule has 1 aromatic carbocycles. The predicted octanol–water partition coefficient (Wildman–Crippen LogP) is 2.53. The average Bonchev–Trinajstić information content (AvgIpc) is 3.12. The van der Waals surface area contributed by atoms with E-state index in [1.165, 1.54) is 0 Å². The first-order valence-corrected chi connectivity index (χ1v) is 9.44. The summed E-state index contributed by atoms with van der Waals surface area (Å²) in [7, 11) is 1.58. The predicted molar refractivity (Wildman–Crippen MR) is 101 cm³/mol. The molecule has 1 N–H and O–H groups in total. The number of aryl methyl sites for hydroxylation is 1. The molecule has 148 valence electrons. The first kappa shape index (κ1) is 18.6. The number of carbonyl (C=O) groups is 2. The number of hydrogen-bond donors (Lipinski definition) is 1. The monoisotopic (exact) mass is 384 g/mol. The van der Waals surface area contributed by atoms with E-state index in [1.54, 1.807) is 24.1 Å². The summed E-state index contributed by atoms with van der Waals surface area (Å²) < 4.78 is 16.9. The topological polar surface area (TPSA) is 81.0 Å². The number of benzene rings is 1. The summed E-state index contributed by atoms with van der Waals surface area (Å²) in [5.74, 6) is 1.30. The minimum atomic E-state index is -0.503. The summed E-state index contributed by atoms with van der Waals surface area (Å²) in [6.07, 6.45) is 1.27. The molecule has 7 nitrogen and oxygen atoms in total. The number of piperidine rings is 1. The molecule has 1 spiro atoms. The molecule has 0 saturated carbocycles. The van der Waals surface area contributed by atoms with E-state index < -0.39 is 5.60 Å². The van der Waals surface area contributed by atoms with Crippen molar-refractivity contribution in [2.45, 2.75) is 32.0 Å². The van der Waals surface area contributed by atoms with Gasteiger partial charge in [0.1, 0.15) is 23.7 Å². The van der Waals surface area contributed by atoms with E-state index >= 15 is 0 Å². The van der Waals surface area contributed by atoms with Crippen molar-refractivity contribution in [3.05, 3.63) is 53.0 Å². The summed E-state index contributed by atoms with van der Waals surface area (Å²) >= 11 is 0. The van der Waals surface area contributed by atoms with Gasteiger partial charge in [0, 0.05) is 33.0 Å². The first-order valence-electron chi connectivity index (χ1n) is 9.44. The number of amides is 2. The van der Waals surface area contributed by atoms with Crippen molar-refractivity contribution in [2.75, 3.05) is 26.7 Å². The fourth-order valence-corrected chi connectivity index (χ4v) is 3.78. The van der Waals surface area contributed by atoms with Gasteiger partial charge < -0.3 is 24.1 Å². The molecule has 7 heteroatoms. The third kappa shape index (κ3) is 3.49. The maximum absolute atomic E-state index is 12.7. The Labute approximate surface area is 163 Å². The van der Waals surface area contributed by atoms with Gasteiger partial charge in [-0.25, -0.2) is 0 Å². The van der Waals surface area contributed by atoms with Gasteiger partial charge in [-0.3, -0.25) is 9.59 Å². The molecule has 1 saturated heterocycles. The molecule has 0 bridgehead atoms. The van der Waals surface area contributed by atoms with Crippen LogP contribution in [0, 0.1) is 6.92 Å². The summed E-state index contributed by atoms with van der Waals surface area (Å²) in [6, 6.07) is 9.08. The molecule has 4 rings (SSSR count). The Morgan fingerprint density at radius 2 is 2.04 bits per heavy atom. The number of carbonyl (C=O) groups excluding carboxylic acids is 2. The van der Waals surface area contributed by atoms with Crippen molar-refractivity contribution in [3.63, 3.8) is 0 Å². The number of furan rings is 1. The smallest absolute Gasteiger partial charge is 0.289 e. The Bertz CT molecular complexity index is 896. The zero-order valence-electron chi connectivity index (χ0n) is 16.1. The van der Waals surface area contributed by atoms with E-state index in [-0.39, 0.29) is 11.8 Å². The summed E-state index contributed by atoms with van der Waals surface area (Å²) in [4.78, 5) is 26.9. The Kier molecular flexibility index (Phi) is 4.85. The second kappa shape index (κ2) is 7.31. The van der Waals surface area contributed by atoms with Gasteiger partial charge in [-0.1, -0.05) is 11.6 Å². The number of likely N-dealkylation sites (tertiary alicyclic amines) is 1. The van der Waals surface area contributed by atoms with Crippen LogP contribution < -0.4 is 10.1 Å². The molecule has 0 radical (unpaired) electrons. The van der Waals surface area contributed by atoms with Gasteiger partial charge in [0.2, 0.25) is 0 Å². The lowest BCUT2D eigenvalue weighted by Crippen LogP contribution is -2.54. The number of nitrogens with one attached hydrogen (secondary N) is 1. The van der Waals surface area contributed by atoms with Gasteiger partial charge >= 0.3 is 0 Å². The van der Waals surface area contributed by atoms with Crippen LogP contribution in [-0.4, -0.2) is 49.1 Å². The van der Waals surface area contributed by atoms with Crippen LogP contribution in [0.1, 0.15) is 45.1 Å². The van der Waals surface area contributed by atoms with Crippen LogP contribution in [0.25, 0.3) is 0 Å². The molecule has 1 fully saturated rings. The Morgan fingerprint density at radius 3 is 2.79 bits per heavy atom. The number of fused-ring (bicyclic) bond motifs is 1. The molecule has 1 aromatic heterocycles. The number of rotatable bonds is 3. The van der Waals surface area contributed by atoms with Crippen LogP contribution in [0.5, 0.6) is 5.75 Å². The number of hydrogen-bond acceptors (Lipinski definition) is 5. The first-order chi connectivity index (χ1) is 13.5. The van der Waals surface area contributed by atoms with Crippen LogP contribution in [0.3, 0.4) is 0 Å². The fraction of sp³-hybridized carbons (Fsp3) is 0.429. The van der Waals surface area contributed by atoms with E-state index in [4.69, 9.17) is 13.9 Å². The van der Waals surface area contributed by atoms with E-state index in [2.05, 4.69) is 5.32 Å². The second-order valence-electron chi connectivity index (χ2n) is 7.46. The molecular weight excluding hydrogens is 360 g/mol. The van der Waals surface area contributed by atoms with Crippen molar-refractivity contribution in [3.8, 4) is 5.75 Å². The van der Waals surface area contributed by atoms with E-state index in [0.717, 1.165) is 5.56 Å². The highest BCUT2D eigenvalue weighted by Crippen LogP contribution is 2.33. The van der Waals surface area contributed by atoms with Gasteiger partial charge in [-0.2, -0.15) is 0 Å². The van der Waals surface area contributed by atoms with Crippen LogP contribution in [0.2, 0.25) is 0 Å². The van der Waals surface area contributed by atoms with Crippen LogP contribution in [0.4, 0.5) is 0 Å². The quantitative estimate of drug-likeness (QED) is 0.880. The number of methoxy groups -OCH3 is 1. The van der Waals surface area contributed by atoms with Crippen LogP contribution in [0.15, 0.2) is 34.7 Å². The lowest BCUT2D eigenvalue weighted by molar-refractivity contribution is 0.00656. The maximum atomic E-state index is 12.7. The van der Waals surface area contributed by atoms with Crippen molar-refractivity contribution < 1.29 is 23.5 Å². The lowest BCUT2D eigenvalue weighted by Gasteiger charge is -2.40. The fourth-order valence-electron chi connectivity index (χ4n) is 3.78. The van der Waals surface area contributed by atoms with E-state index in [0.29, 0.717) is 61.9 Å². The van der Waals surface area contributed by atoms with Gasteiger partial charge in [0.05, 0.1) is 12.1 Å². The molecule has 28 heavy (non-hydrogen) atoms. The second-order valence-corrected chi connectivity index (χ2v) is 7.46. The Balaban J connectivity index is 1.46. The lowest BCUT2D eigenvalue weighted by atomic mass is 9.90. The zero-order valence-corrected chi connectivity index (χ0v) is 16.1. The maximum Gasteiger partial charge on any atom is 0.289 e. The normalized spacial score (nSPS) is 18.2. The molecule has 3 heterocycles. The average molecular weight is 384 g/mol. The SMILES string of the molecule is COCc1ccc(C(=O)N2CCC3(CC2)CNC(=O)c2cc(C)ccc2O3)o1. The van der Waals surface area contributed by atoms with Gasteiger partial charge in [0.15, 0.2) is 5.76 Å². The van der Waals surface area contributed by atoms with E-state index in [9.17, 15) is 9.59 Å². The highest BCUT2D eigenvalue weighted by molar-refractivity contribution is 5.97. The van der Waals surface area contributed by atoms with E-state index in [1.807, 2.05) is 25.1 Å². The number of ether oxygens (including phenoxy) is 2. The van der Waals surface area contributed by atoms with Gasteiger partial charge in [0.25, 0.3) is 11.8 Å². The highest BCUT2D eigenvalue weighted by Gasteiger charge is 2.41. The zero-order chi connectivity index (χ0) is 19.7. The van der Waals surface area contributed by atoms with Crippen molar-refractivity contribution in [1.82, 2.24) is 10.2 Å². The van der Waals surface area contributed by atoms with Crippen LogP contribution in [-0.2, 0) is 11.3 Å². The van der Waals surface area contributed by atoms with Crippen molar-refractivity contribution in [2.24, 2.45) is 0 Å². The molecule has 2 aliphatic heterocycles. The summed E-state index contributed by atoms with van der Waals surface area (Å²) in [5.41, 5.74) is 1.08. The Hall–Kier alpha value is -2.80. The van der Waals surface area contributed by atoms with Crippen molar-refractivity contribution >= 4 is 11.8 Å².